The number of ether oxygens (including phenoxy) is 2. The molecule has 1 aromatic carbocycles. The molecule has 32 heavy (non-hydrogen) atoms. The van der Waals surface area contributed by atoms with Crippen LogP contribution in [0.25, 0.3) is 0 Å². The Morgan fingerprint density at radius 3 is 2.41 bits per heavy atom. The summed E-state index contributed by atoms with van der Waals surface area (Å²) in [7, 11) is 0. The Morgan fingerprint density at radius 1 is 1.06 bits per heavy atom. The van der Waals surface area contributed by atoms with Gasteiger partial charge < -0.3 is 25.2 Å². The van der Waals surface area contributed by atoms with Crippen molar-refractivity contribution in [2.45, 2.75) is 38.5 Å². The van der Waals surface area contributed by atoms with E-state index >= 15 is 0 Å². The van der Waals surface area contributed by atoms with Crippen LogP contribution < -0.4 is 15.4 Å². The summed E-state index contributed by atoms with van der Waals surface area (Å²) in [5, 5.41) is 15.4. The Bertz CT molecular complexity index is 726. The Morgan fingerprint density at radius 2 is 1.75 bits per heavy atom. The minimum absolute atomic E-state index is 0. The summed E-state index contributed by atoms with van der Waals surface area (Å²) in [5.41, 5.74) is 0.770. The molecule has 0 heterocycles. The van der Waals surface area contributed by atoms with E-state index in [4.69, 9.17) is 26.2 Å². The zero-order valence-electron chi connectivity index (χ0n) is 18.6. The molecule has 1 amide bonds. The summed E-state index contributed by atoms with van der Waals surface area (Å²) in [6.07, 6.45) is 8.02. The van der Waals surface area contributed by atoms with Gasteiger partial charge in [0.05, 0.1) is 30.4 Å². The average molecular weight is 487 g/mol. The maximum Gasteiger partial charge on any atom is 0.252 e. The molecule has 0 saturated heterocycles. The van der Waals surface area contributed by atoms with Crippen molar-refractivity contribution in [2.24, 2.45) is 23.2 Å². The van der Waals surface area contributed by atoms with Gasteiger partial charge in [-0.15, -0.1) is 12.4 Å². The van der Waals surface area contributed by atoms with Crippen LogP contribution in [0.5, 0.6) is 5.75 Å². The van der Waals surface area contributed by atoms with E-state index in [1.807, 2.05) is 0 Å². The predicted molar refractivity (Wildman–Crippen MR) is 128 cm³/mol. The molecule has 0 spiro atoms. The second-order valence-electron chi connectivity index (χ2n) is 9.68. The topological polar surface area (TPSA) is 79.8 Å². The molecule has 180 valence electrons. The van der Waals surface area contributed by atoms with Gasteiger partial charge in [0.15, 0.2) is 0 Å². The lowest BCUT2D eigenvalue weighted by Crippen LogP contribution is -2.51. The third-order valence-electron chi connectivity index (χ3n) is 7.18. The summed E-state index contributed by atoms with van der Waals surface area (Å²) < 4.78 is 11.2. The number of hydrogen-bond donors (Lipinski definition) is 3. The molecule has 3 N–H and O–H groups in total. The summed E-state index contributed by atoms with van der Waals surface area (Å²) in [6, 6.07) is 5.22. The fourth-order valence-corrected chi connectivity index (χ4v) is 6.51. The van der Waals surface area contributed by atoms with Crippen LogP contribution in [0.2, 0.25) is 5.02 Å². The molecule has 5 rings (SSSR count). The number of rotatable bonds is 12. The molecule has 0 atom stereocenters. The molecule has 4 fully saturated rings. The van der Waals surface area contributed by atoms with Gasteiger partial charge in [0.2, 0.25) is 0 Å². The van der Waals surface area contributed by atoms with Crippen molar-refractivity contribution in [3.05, 3.63) is 28.8 Å². The molecule has 8 heteroatoms. The van der Waals surface area contributed by atoms with Crippen molar-refractivity contribution in [3.8, 4) is 5.75 Å². The number of amides is 1. The number of hydrogen-bond acceptors (Lipinski definition) is 5. The fourth-order valence-electron chi connectivity index (χ4n) is 6.31. The van der Waals surface area contributed by atoms with Crippen LogP contribution >= 0.6 is 24.0 Å². The van der Waals surface area contributed by atoms with Crippen LogP contribution in [-0.4, -0.2) is 57.1 Å². The van der Waals surface area contributed by atoms with Gasteiger partial charge in [-0.05, 0) is 79.9 Å². The van der Waals surface area contributed by atoms with Gasteiger partial charge in [-0.25, -0.2) is 0 Å². The highest BCUT2D eigenvalue weighted by molar-refractivity contribution is 6.33. The lowest BCUT2D eigenvalue weighted by molar-refractivity contribution is -0.0503. The molecule has 1 aromatic rings. The smallest absolute Gasteiger partial charge is 0.252 e. The first-order chi connectivity index (χ1) is 15.1. The van der Waals surface area contributed by atoms with E-state index in [0.717, 1.165) is 24.3 Å². The van der Waals surface area contributed by atoms with Crippen molar-refractivity contribution >= 4 is 29.9 Å². The van der Waals surface area contributed by atoms with Gasteiger partial charge in [-0.1, -0.05) is 11.6 Å². The molecule has 0 aliphatic heterocycles. The quantitative estimate of drug-likeness (QED) is 0.392. The Hall–Kier alpha value is -1.05. The largest absolute Gasteiger partial charge is 0.491 e. The maximum absolute atomic E-state index is 12.9. The van der Waals surface area contributed by atoms with Crippen molar-refractivity contribution in [1.29, 1.82) is 0 Å². The Labute approximate surface area is 202 Å². The van der Waals surface area contributed by atoms with E-state index in [1.165, 1.54) is 38.5 Å². The minimum atomic E-state index is -0.114. The van der Waals surface area contributed by atoms with E-state index in [1.54, 1.807) is 18.2 Å². The highest BCUT2D eigenvalue weighted by Crippen LogP contribution is 2.59. The lowest BCUT2D eigenvalue weighted by atomic mass is 9.49. The monoisotopic (exact) mass is 486 g/mol. The van der Waals surface area contributed by atoms with Crippen molar-refractivity contribution in [2.75, 3.05) is 46.1 Å². The van der Waals surface area contributed by atoms with E-state index in [-0.39, 0.29) is 24.9 Å². The molecular weight excluding hydrogens is 451 g/mol. The summed E-state index contributed by atoms with van der Waals surface area (Å²) in [6.45, 7) is 3.55. The minimum Gasteiger partial charge on any atom is -0.491 e. The number of aliphatic hydroxyl groups is 1. The zero-order valence-corrected chi connectivity index (χ0v) is 20.2. The average Bonchev–Trinajstić information content (AvgIpc) is 2.74. The predicted octanol–water partition coefficient (Wildman–Crippen LogP) is 3.69. The molecular formula is C24H36Cl2N2O4. The summed E-state index contributed by atoms with van der Waals surface area (Å²) >= 11 is 6.32. The number of halogens is 2. The van der Waals surface area contributed by atoms with E-state index in [2.05, 4.69) is 10.6 Å². The van der Waals surface area contributed by atoms with Crippen LogP contribution in [0.1, 0.15) is 48.9 Å². The third kappa shape index (κ3) is 6.51. The highest BCUT2D eigenvalue weighted by Gasteiger charge is 2.50. The second-order valence-corrected chi connectivity index (χ2v) is 10.1. The number of carbonyl (C=O) groups excluding carboxylic acids is 1. The maximum atomic E-state index is 12.9. The van der Waals surface area contributed by atoms with E-state index in [0.29, 0.717) is 54.7 Å². The normalized spacial score (nSPS) is 27.8. The van der Waals surface area contributed by atoms with Gasteiger partial charge >= 0.3 is 0 Å². The molecule has 0 radical (unpaired) electrons. The molecule has 4 bridgehead atoms. The van der Waals surface area contributed by atoms with Crippen LogP contribution in [0.3, 0.4) is 0 Å². The lowest BCUT2D eigenvalue weighted by Gasteiger charge is -2.56. The molecule has 6 nitrogen and oxygen atoms in total. The molecule has 4 aliphatic rings. The van der Waals surface area contributed by atoms with Gasteiger partial charge in [-0.2, -0.15) is 0 Å². The third-order valence-corrected chi connectivity index (χ3v) is 7.51. The standard InChI is InChI=1S/C24H35ClN2O4.ClH/c25-22-2-1-20(31-8-7-30-6-4-26-3-5-28)12-21(22)23(29)27-16-24-13-17-9-18(14-24)11-19(10-17)15-24;/h1-2,12,17-19,26,28H,3-11,13-16H2,(H,27,29);1H. The number of benzene rings is 1. The van der Waals surface area contributed by atoms with Gasteiger partial charge in [0, 0.05) is 19.6 Å². The van der Waals surface area contributed by atoms with Gasteiger partial charge in [0.1, 0.15) is 12.4 Å². The van der Waals surface area contributed by atoms with E-state index in [9.17, 15) is 4.79 Å². The fraction of sp³-hybridized carbons (Fsp3) is 0.708. The number of carbonyl (C=O) groups is 1. The highest BCUT2D eigenvalue weighted by atomic mass is 35.5. The number of nitrogens with one attached hydrogen (secondary N) is 2. The number of aliphatic hydroxyl groups excluding tert-OH is 1. The van der Waals surface area contributed by atoms with Crippen LogP contribution in [0, 0.1) is 23.2 Å². The van der Waals surface area contributed by atoms with Crippen molar-refractivity contribution in [3.63, 3.8) is 0 Å². The molecule has 4 aliphatic carbocycles. The molecule has 4 saturated carbocycles. The first kappa shape index (κ1) is 25.6. The van der Waals surface area contributed by atoms with E-state index < -0.39 is 0 Å². The first-order valence-corrected chi connectivity index (χ1v) is 12.0. The van der Waals surface area contributed by atoms with Gasteiger partial charge in [0.25, 0.3) is 5.91 Å². The first-order valence-electron chi connectivity index (χ1n) is 11.7. The Balaban J connectivity index is 0.00000289. The van der Waals surface area contributed by atoms with Crippen molar-refractivity contribution < 1.29 is 19.4 Å². The second kappa shape index (κ2) is 11.9. The van der Waals surface area contributed by atoms with Crippen molar-refractivity contribution in [1.82, 2.24) is 10.6 Å². The molecule has 0 aromatic heterocycles. The SMILES string of the molecule is Cl.O=C(NCC12CC3CC(CC(C3)C1)C2)c1cc(OCCOCCNCCO)ccc1Cl. The summed E-state index contributed by atoms with van der Waals surface area (Å²) in [5.74, 6) is 3.12. The zero-order chi connectivity index (χ0) is 21.7. The van der Waals surface area contributed by atoms with Crippen LogP contribution in [0.15, 0.2) is 18.2 Å². The van der Waals surface area contributed by atoms with Gasteiger partial charge in [-0.3, -0.25) is 4.79 Å². The van der Waals surface area contributed by atoms with Crippen LogP contribution in [-0.2, 0) is 4.74 Å². The van der Waals surface area contributed by atoms with Crippen LogP contribution in [0.4, 0.5) is 0 Å². The Kier molecular flexibility index (Phi) is 9.50. The summed E-state index contributed by atoms with van der Waals surface area (Å²) in [4.78, 5) is 12.9. The molecule has 0 unspecified atom stereocenters.